The van der Waals surface area contributed by atoms with Crippen LogP contribution in [0.4, 0.5) is 5.69 Å². The van der Waals surface area contributed by atoms with Gasteiger partial charge in [-0.05, 0) is 48.4 Å². The first-order chi connectivity index (χ1) is 13.3. The molecule has 0 fully saturated rings. The number of hydrogen-bond donors (Lipinski definition) is 2. The maximum atomic E-state index is 12.6. The van der Waals surface area contributed by atoms with Gasteiger partial charge in [-0.25, -0.2) is 9.59 Å². The van der Waals surface area contributed by atoms with E-state index in [1.807, 2.05) is 6.92 Å². The molecule has 0 spiro atoms. The average molecular weight is 383 g/mol. The van der Waals surface area contributed by atoms with E-state index < -0.39 is 17.5 Å². The van der Waals surface area contributed by atoms with Gasteiger partial charge in [-0.1, -0.05) is 6.92 Å². The summed E-state index contributed by atoms with van der Waals surface area (Å²) in [7, 11) is 1.51. The highest BCUT2D eigenvalue weighted by Gasteiger charge is 2.22. The fourth-order valence-electron chi connectivity index (χ4n) is 2.79. The van der Waals surface area contributed by atoms with Crippen LogP contribution in [0.5, 0.6) is 5.75 Å². The third-order valence-corrected chi connectivity index (χ3v) is 4.30. The molecule has 0 bridgehead atoms. The zero-order chi connectivity index (χ0) is 20.4. The second-order valence-electron chi connectivity index (χ2n) is 5.97. The van der Waals surface area contributed by atoms with Crippen LogP contribution in [0.1, 0.15) is 33.2 Å². The number of carbonyl (C=O) groups is 2. The summed E-state index contributed by atoms with van der Waals surface area (Å²) in [5, 5.41) is 19.9. The Bertz CT molecular complexity index is 1120. The van der Waals surface area contributed by atoms with Crippen LogP contribution < -0.4 is 15.4 Å². The van der Waals surface area contributed by atoms with Crippen molar-refractivity contribution in [3.8, 4) is 5.75 Å². The molecule has 0 radical (unpaired) electrons. The van der Waals surface area contributed by atoms with Crippen molar-refractivity contribution in [1.29, 1.82) is 0 Å². The lowest BCUT2D eigenvalue weighted by atomic mass is 10.1. The van der Waals surface area contributed by atoms with Crippen molar-refractivity contribution in [2.24, 2.45) is 0 Å². The van der Waals surface area contributed by atoms with Crippen LogP contribution in [-0.4, -0.2) is 29.3 Å². The lowest BCUT2D eigenvalue weighted by Gasteiger charge is -2.15. The van der Waals surface area contributed by atoms with Gasteiger partial charge in [0.05, 0.1) is 18.4 Å². The van der Waals surface area contributed by atoms with Crippen LogP contribution in [0.2, 0.25) is 0 Å². The van der Waals surface area contributed by atoms with Crippen molar-refractivity contribution in [1.82, 2.24) is 0 Å². The first-order valence-corrected chi connectivity index (χ1v) is 8.37. The van der Waals surface area contributed by atoms with E-state index in [1.54, 1.807) is 12.1 Å². The monoisotopic (exact) mass is 383 g/mol. The molecule has 3 rings (SSSR count). The minimum Gasteiger partial charge on any atom is -0.496 e. The van der Waals surface area contributed by atoms with E-state index in [0.717, 1.165) is 5.56 Å². The van der Waals surface area contributed by atoms with Crippen LogP contribution in [0.15, 0.2) is 51.7 Å². The Labute approximate surface area is 159 Å². The number of nitrogens with zero attached hydrogens (tertiary/aromatic N) is 1. The van der Waals surface area contributed by atoms with E-state index >= 15 is 0 Å². The molecule has 3 aromatic rings. The van der Waals surface area contributed by atoms with Crippen molar-refractivity contribution in [3.05, 3.63) is 69.6 Å². The molecular formula is C20H17NO7. The van der Waals surface area contributed by atoms with Gasteiger partial charge in [-0.15, -0.1) is 0 Å². The summed E-state index contributed by atoms with van der Waals surface area (Å²) in [4.78, 5) is 35.7. The van der Waals surface area contributed by atoms with Crippen molar-refractivity contribution >= 4 is 28.5 Å². The molecule has 0 aliphatic heterocycles. The second kappa shape index (κ2) is 7.53. The summed E-state index contributed by atoms with van der Waals surface area (Å²) < 4.78 is 10.5. The lowest BCUT2D eigenvalue weighted by molar-refractivity contribution is 0.0696. The van der Waals surface area contributed by atoms with Crippen molar-refractivity contribution in [2.45, 2.75) is 13.3 Å². The van der Waals surface area contributed by atoms with E-state index in [9.17, 15) is 19.6 Å². The molecule has 1 aromatic heterocycles. The Balaban J connectivity index is 2.01. The number of anilines is 1. The Morgan fingerprint density at radius 1 is 1.14 bits per heavy atom. The molecule has 0 atom stereocenters. The van der Waals surface area contributed by atoms with Crippen molar-refractivity contribution < 1.29 is 29.1 Å². The Kier molecular flexibility index (Phi) is 5.14. The minimum atomic E-state index is -1.14. The van der Waals surface area contributed by atoms with Gasteiger partial charge < -0.3 is 14.3 Å². The second-order valence-corrected chi connectivity index (χ2v) is 5.97. The number of carboxylic acid groups (broad SMARTS) is 1. The number of carbonyl (C=O) groups excluding carboxylic acids is 1. The van der Waals surface area contributed by atoms with E-state index in [2.05, 4.69) is 0 Å². The largest absolute Gasteiger partial charge is 0.496 e. The summed E-state index contributed by atoms with van der Waals surface area (Å²) >= 11 is 0. The number of ether oxygens (including phenoxy) is 1. The Hall–Kier alpha value is -3.65. The van der Waals surface area contributed by atoms with Crippen LogP contribution in [0.3, 0.4) is 0 Å². The predicted molar refractivity (Wildman–Crippen MR) is 100 cm³/mol. The van der Waals surface area contributed by atoms with Gasteiger partial charge >= 0.3 is 11.6 Å². The highest BCUT2D eigenvalue weighted by Crippen LogP contribution is 2.26. The molecule has 0 unspecified atom stereocenters. The number of hydrogen-bond acceptors (Lipinski definition) is 6. The topological polar surface area (TPSA) is 117 Å². The molecule has 8 heteroatoms. The SMILES string of the molecule is CCc1cc2cc(C(=O)N(O)c3ccc(C(=O)O)cc3)c(=O)oc2cc1OC. The number of carboxylic acids is 1. The van der Waals surface area contributed by atoms with Crippen LogP contribution >= 0.6 is 0 Å². The zero-order valence-electron chi connectivity index (χ0n) is 15.1. The van der Waals surface area contributed by atoms with Gasteiger partial charge in [0.25, 0.3) is 5.91 Å². The summed E-state index contributed by atoms with van der Waals surface area (Å²) in [5.41, 5.74) is -0.137. The smallest absolute Gasteiger partial charge is 0.349 e. The van der Waals surface area contributed by atoms with Gasteiger partial charge in [0.2, 0.25) is 0 Å². The fourth-order valence-corrected chi connectivity index (χ4v) is 2.79. The molecule has 1 amide bonds. The third-order valence-electron chi connectivity index (χ3n) is 4.30. The summed E-state index contributed by atoms with van der Waals surface area (Å²) in [5.74, 6) is -1.56. The molecule has 0 saturated carbocycles. The van der Waals surface area contributed by atoms with Crippen molar-refractivity contribution in [2.75, 3.05) is 12.2 Å². The van der Waals surface area contributed by atoms with E-state index in [4.69, 9.17) is 14.3 Å². The lowest BCUT2D eigenvalue weighted by Crippen LogP contribution is -2.31. The fraction of sp³-hybridized carbons (Fsp3) is 0.150. The number of aryl methyl sites for hydroxylation is 1. The average Bonchev–Trinajstić information content (AvgIpc) is 2.71. The number of fused-ring (bicyclic) bond motifs is 1. The number of aromatic carboxylic acids is 1. The standard InChI is InChI=1S/C20H17NO7/c1-3-11-8-13-9-15(20(25)28-17(13)10-16(11)27-2)18(22)21(26)14-6-4-12(5-7-14)19(23)24/h4-10,26H,3H2,1-2H3,(H,23,24). The van der Waals surface area contributed by atoms with Gasteiger partial charge in [0, 0.05) is 11.5 Å². The number of benzene rings is 2. The molecule has 1 heterocycles. The van der Waals surface area contributed by atoms with Gasteiger partial charge in [-0.3, -0.25) is 10.0 Å². The summed E-state index contributed by atoms with van der Waals surface area (Å²) in [6.45, 7) is 1.94. The van der Waals surface area contributed by atoms with Crippen molar-refractivity contribution in [3.63, 3.8) is 0 Å². The van der Waals surface area contributed by atoms with E-state index in [-0.39, 0.29) is 27.5 Å². The molecular weight excluding hydrogens is 366 g/mol. The number of hydroxylamine groups is 1. The number of amides is 1. The van der Waals surface area contributed by atoms with Gasteiger partial charge in [-0.2, -0.15) is 5.06 Å². The maximum absolute atomic E-state index is 12.6. The molecule has 2 aromatic carbocycles. The van der Waals surface area contributed by atoms with Gasteiger partial charge in [0.1, 0.15) is 16.9 Å². The summed E-state index contributed by atoms with van der Waals surface area (Å²) in [6, 6.07) is 9.64. The number of methoxy groups -OCH3 is 1. The number of rotatable bonds is 5. The van der Waals surface area contributed by atoms with Gasteiger partial charge in [0.15, 0.2) is 0 Å². The van der Waals surface area contributed by atoms with Crippen LogP contribution in [0.25, 0.3) is 11.0 Å². The highest BCUT2D eigenvalue weighted by molar-refractivity contribution is 6.05. The zero-order valence-corrected chi connectivity index (χ0v) is 15.1. The Morgan fingerprint density at radius 3 is 2.39 bits per heavy atom. The molecule has 8 nitrogen and oxygen atoms in total. The minimum absolute atomic E-state index is 0.00383. The van der Waals surface area contributed by atoms with Crippen LogP contribution in [-0.2, 0) is 6.42 Å². The first-order valence-electron chi connectivity index (χ1n) is 8.37. The summed E-state index contributed by atoms with van der Waals surface area (Å²) in [6.07, 6.45) is 0.670. The molecule has 0 saturated heterocycles. The molecule has 144 valence electrons. The highest BCUT2D eigenvalue weighted by atomic mass is 16.5. The quantitative estimate of drug-likeness (QED) is 0.395. The Morgan fingerprint density at radius 2 is 1.82 bits per heavy atom. The maximum Gasteiger partial charge on any atom is 0.349 e. The van der Waals surface area contributed by atoms with E-state index in [1.165, 1.54) is 37.4 Å². The third kappa shape index (κ3) is 3.45. The van der Waals surface area contributed by atoms with E-state index in [0.29, 0.717) is 17.6 Å². The normalized spacial score (nSPS) is 10.7. The van der Waals surface area contributed by atoms with Crippen LogP contribution in [0, 0.1) is 0 Å². The molecule has 0 aliphatic rings. The molecule has 0 aliphatic carbocycles. The molecule has 28 heavy (non-hydrogen) atoms. The predicted octanol–water partition coefficient (Wildman–Crippen LogP) is 3.10. The first kappa shape index (κ1) is 19.1. The molecule has 2 N–H and O–H groups in total.